The third-order valence-electron chi connectivity index (χ3n) is 3.87. The van der Waals surface area contributed by atoms with Crippen molar-refractivity contribution in [1.82, 2.24) is 9.19 Å². The van der Waals surface area contributed by atoms with Gasteiger partial charge >= 0.3 is 5.97 Å². The van der Waals surface area contributed by atoms with Crippen LogP contribution in [0.4, 0.5) is 5.82 Å². The Morgan fingerprint density at radius 2 is 1.83 bits per heavy atom. The summed E-state index contributed by atoms with van der Waals surface area (Å²) in [6.07, 6.45) is 0. The molecule has 0 saturated carbocycles. The molecule has 29 heavy (non-hydrogen) atoms. The van der Waals surface area contributed by atoms with E-state index < -0.39 is 16.0 Å². The van der Waals surface area contributed by atoms with Gasteiger partial charge in [-0.15, -0.1) is 9.19 Å². The highest BCUT2D eigenvalue weighted by atomic mass is 32.2. The number of anilines is 1. The molecule has 0 unspecified atom stereocenters. The molecule has 0 radical (unpaired) electrons. The number of carbonyl (C=O) groups excluding carboxylic acids is 1. The van der Waals surface area contributed by atoms with Crippen molar-refractivity contribution in [3.05, 3.63) is 60.2 Å². The Labute approximate surface area is 167 Å². The van der Waals surface area contributed by atoms with E-state index in [0.717, 1.165) is 6.07 Å². The van der Waals surface area contributed by atoms with Crippen LogP contribution in [0.5, 0.6) is 17.4 Å². The number of rotatable bonds is 7. The van der Waals surface area contributed by atoms with E-state index in [0.29, 0.717) is 22.2 Å². The number of hydrogen-bond donors (Lipinski definition) is 1. The number of hydrogen-bond acceptors (Lipinski definition) is 8. The monoisotopic (exact) mass is 417 g/mol. The van der Waals surface area contributed by atoms with Crippen LogP contribution < -0.4 is 19.9 Å². The van der Waals surface area contributed by atoms with Crippen LogP contribution in [0.15, 0.2) is 59.5 Å². The molecule has 10 heteroatoms. The number of aromatic nitrogens is 2. The number of nitrogens with two attached hydrogens (primary N) is 1. The molecular formula is C19H19N3O6S. The van der Waals surface area contributed by atoms with E-state index in [-0.39, 0.29) is 22.2 Å². The molecule has 0 aliphatic rings. The fraction of sp³-hybridized carbons (Fsp3) is 0.158. The molecule has 9 nitrogen and oxygen atoms in total. The normalized spacial score (nSPS) is 11.1. The number of ether oxygens (including phenoxy) is 3. The van der Waals surface area contributed by atoms with Gasteiger partial charge in [0.05, 0.1) is 18.6 Å². The van der Waals surface area contributed by atoms with Crippen molar-refractivity contribution in [2.45, 2.75) is 11.8 Å². The van der Waals surface area contributed by atoms with Gasteiger partial charge in [0, 0.05) is 6.07 Å². The van der Waals surface area contributed by atoms with Crippen molar-refractivity contribution >= 4 is 21.8 Å². The highest BCUT2D eigenvalue weighted by Crippen LogP contribution is 2.25. The van der Waals surface area contributed by atoms with Crippen molar-refractivity contribution in [2.24, 2.45) is 0 Å². The topological polar surface area (TPSA) is 123 Å². The van der Waals surface area contributed by atoms with Crippen molar-refractivity contribution in [2.75, 3.05) is 19.5 Å². The zero-order valence-electron chi connectivity index (χ0n) is 15.7. The van der Waals surface area contributed by atoms with Gasteiger partial charge in [0.25, 0.3) is 10.0 Å². The summed E-state index contributed by atoms with van der Waals surface area (Å²) in [6, 6.07) is 13.4. The Bertz CT molecular complexity index is 1120. The summed E-state index contributed by atoms with van der Waals surface area (Å²) in [5, 5.41) is 3.83. The Morgan fingerprint density at radius 1 is 1.14 bits per heavy atom. The smallest absolute Gasteiger partial charge is 0.348 e. The van der Waals surface area contributed by atoms with Crippen molar-refractivity contribution in [3.63, 3.8) is 0 Å². The van der Waals surface area contributed by atoms with E-state index in [2.05, 4.69) is 5.10 Å². The number of nitrogens with zero attached hydrogens (tertiary/aromatic N) is 2. The fourth-order valence-electron chi connectivity index (χ4n) is 2.51. The molecule has 1 heterocycles. The lowest BCUT2D eigenvalue weighted by Gasteiger charge is -2.08. The maximum Gasteiger partial charge on any atom is 0.348 e. The molecule has 0 aliphatic heterocycles. The second-order valence-corrected chi connectivity index (χ2v) is 7.52. The third-order valence-corrected chi connectivity index (χ3v) is 5.49. The first-order valence-corrected chi connectivity index (χ1v) is 10.00. The first-order chi connectivity index (χ1) is 13.9. The lowest BCUT2D eigenvalue weighted by Crippen LogP contribution is -2.17. The molecule has 2 N–H and O–H groups in total. The van der Waals surface area contributed by atoms with Crippen LogP contribution in [0.3, 0.4) is 0 Å². The quantitative estimate of drug-likeness (QED) is 0.581. The number of para-hydroxylation sites is 1. The van der Waals surface area contributed by atoms with E-state index >= 15 is 0 Å². The maximum absolute atomic E-state index is 12.8. The van der Waals surface area contributed by atoms with Gasteiger partial charge in [0.15, 0.2) is 0 Å². The molecule has 0 fully saturated rings. The summed E-state index contributed by atoms with van der Waals surface area (Å²) in [6.45, 7) is 2.15. The largest absolute Gasteiger partial charge is 0.497 e. The summed E-state index contributed by atoms with van der Waals surface area (Å²) in [5.74, 6) is -0.364. The minimum atomic E-state index is -4.08. The molecule has 3 aromatic rings. The number of esters is 1. The van der Waals surface area contributed by atoms with Gasteiger partial charge in [0.2, 0.25) is 5.88 Å². The maximum atomic E-state index is 12.8. The summed E-state index contributed by atoms with van der Waals surface area (Å²) in [7, 11) is -2.61. The van der Waals surface area contributed by atoms with E-state index in [4.69, 9.17) is 19.9 Å². The van der Waals surface area contributed by atoms with E-state index in [1.54, 1.807) is 25.1 Å². The van der Waals surface area contributed by atoms with Gasteiger partial charge in [-0.2, -0.15) is 8.42 Å². The number of nitrogen functional groups attached to an aromatic ring is 1. The minimum absolute atomic E-state index is 0.0485. The Hall–Kier alpha value is -3.53. The molecule has 0 bridgehead atoms. The highest BCUT2D eigenvalue weighted by molar-refractivity contribution is 7.90. The summed E-state index contributed by atoms with van der Waals surface area (Å²) < 4.78 is 41.8. The zero-order valence-corrected chi connectivity index (χ0v) is 16.5. The Morgan fingerprint density at radius 3 is 2.48 bits per heavy atom. The van der Waals surface area contributed by atoms with Gasteiger partial charge in [-0.25, -0.2) is 4.79 Å². The summed E-state index contributed by atoms with van der Waals surface area (Å²) >= 11 is 0. The lowest BCUT2D eigenvalue weighted by atomic mass is 10.2. The average Bonchev–Trinajstić information content (AvgIpc) is 3.09. The van der Waals surface area contributed by atoms with Crippen LogP contribution in [0.2, 0.25) is 0 Å². The van der Waals surface area contributed by atoms with Crippen LogP contribution in [0.25, 0.3) is 0 Å². The van der Waals surface area contributed by atoms with Gasteiger partial charge in [-0.1, -0.05) is 12.1 Å². The standard InChI is InChI=1S/C19H19N3O6S/c1-3-27-16-7-5-4-6-15(16)19(23)28-18-12-17(20)22(21-18)29(24,25)14-10-8-13(26-2)9-11-14/h4-12H,3,20H2,1-2H3. The van der Waals surface area contributed by atoms with Gasteiger partial charge < -0.3 is 19.9 Å². The first kappa shape index (κ1) is 20.2. The van der Waals surface area contributed by atoms with Crippen LogP contribution in [-0.4, -0.2) is 37.3 Å². The molecule has 2 aromatic carbocycles. The van der Waals surface area contributed by atoms with Crippen LogP contribution in [0, 0.1) is 0 Å². The number of carbonyl (C=O) groups is 1. The molecule has 0 saturated heterocycles. The van der Waals surface area contributed by atoms with Gasteiger partial charge in [-0.05, 0) is 43.3 Å². The first-order valence-electron chi connectivity index (χ1n) is 8.56. The predicted molar refractivity (Wildman–Crippen MR) is 105 cm³/mol. The van der Waals surface area contributed by atoms with Crippen LogP contribution in [-0.2, 0) is 10.0 Å². The summed E-state index contributed by atoms with van der Waals surface area (Å²) in [4.78, 5) is 12.4. The Kier molecular flexibility index (Phi) is 5.74. The van der Waals surface area contributed by atoms with Crippen LogP contribution in [0.1, 0.15) is 17.3 Å². The van der Waals surface area contributed by atoms with Crippen molar-refractivity contribution < 1.29 is 27.4 Å². The molecule has 3 rings (SSSR count). The van der Waals surface area contributed by atoms with E-state index in [9.17, 15) is 13.2 Å². The average molecular weight is 417 g/mol. The van der Waals surface area contributed by atoms with Crippen molar-refractivity contribution in [3.8, 4) is 17.4 Å². The molecule has 0 atom stereocenters. The van der Waals surface area contributed by atoms with E-state index in [1.807, 2.05) is 0 Å². The SMILES string of the molecule is CCOc1ccccc1C(=O)Oc1cc(N)n(S(=O)(=O)c2ccc(OC)cc2)n1. The molecular weight excluding hydrogens is 398 g/mol. The number of benzene rings is 2. The zero-order chi connectivity index (χ0) is 21.0. The molecule has 152 valence electrons. The van der Waals surface area contributed by atoms with Crippen LogP contribution >= 0.6 is 0 Å². The second-order valence-electron chi connectivity index (χ2n) is 5.75. The molecule has 0 spiro atoms. The Balaban J connectivity index is 1.87. The fourth-order valence-corrected chi connectivity index (χ4v) is 3.71. The second kappa shape index (κ2) is 8.23. The van der Waals surface area contributed by atoms with E-state index in [1.165, 1.54) is 37.4 Å². The molecule has 0 aliphatic carbocycles. The lowest BCUT2D eigenvalue weighted by molar-refractivity contribution is 0.0722. The number of methoxy groups -OCH3 is 1. The summed E-state index contributed by atoms with van der Waals surface area (Å²) in [5.41, 5.74) is 5.97. The molecule has 0 amide bonds. The third kappa shape index (κ3) is 4.16. The van der Waals surface area contributed by atoms with Gasteiger partial charge in [0.1, 0.15) is 22.9 Å². The predicted octanol–water partition coefficient (Wildman–Crippen LogP) is 2.33. The van der Waals surface area contributed by atoms with Crippen molar-refractivity contribution in [1.29, 1.82) is 0 Å². The highest BCUT2D eigenvalue weighted by Gasteiger charge is 2.24. The minimum Gasteiger partial charge on any atom is -0.497 e. The van der Waals surface area contributed by atoms with Gasteiger partial charge in [-0.3, -0.25) is 0 Å². The molecule has 1 aromatic heterocycles.